The smallest absolute Gasteiger partial charge is 0.129 e. The summed E-state index contributed by atoms with van der Waals surface area (Å²) < 4.78 is 0. The first-order chi connectivity index (χ1) is 4.27. The van der Waals surface area contributed by atoms with Crippen LogP contribution in [0, 0.1) is 11.5 Å². The summed E-state index contributed by atoms with van der Waals surface area (Å²) in [4.78, 5) is 10.4. The summed E-state index contributed by atoms with van der Waals surface area (Å²) >= 11 is 0. The van der Waals surface area contributed by atoms with Crippen LogP contribution in [-0.4, -0.2) is 6.29 Å². The van der Waals surface area contributed by atoms with E-state index < -0.39 is 0 Å². The molecule has 0 aromatic heterocycles. The van der Waals surface area contributed by atoms with Crippen molar-refractivity contribution in [1.29, 1.82) is 0 Å². The van der Waals surface area contributed by atoms with Crippen LogP contribution in [0.4, 0.5) is 0 Å². The van der Waals surface area contributed by atoms with Gasteiger partial charge in [0.25, 0.3) is 0 Å². The maximum Gasteiger partial charge on any atom is 0.129 e. The molecule has 0 fully saturated rings. The standard InChI is InChI=1S/C8H9O/c1-8(7-9)5-3-2-4-6-8/h2-3,5,7H,6H2,1H3. The van der Waals surface area contributed by atoms with Gasteiger partial charge in [-0.3, -0.25) is 0 Å². The van der Waals surface area contributed by atoms with Crippen LogP contribution < -0.4 is 0 Å². The minimum absolute atomic E-state index is 0.283. The summed E-state index contributed by atoms with van der Waals surface area (Å²) in [5.74, 6) is 0. The molecule has 1 aliphatic carbocycles. The van der Waals surface area contributed by atoms with Crippen LogP contribution >= 0.6 is 0 Å². The molecule has 0 spiro atoms. The van der Waals surface area contributed by atoms with E-state index >= 15 is 0 Å². The first kappa shape index (κ1) is 6.27. The highest BCUT2D eigenvalue weighted by atomic mass is 16.1. The largest absolute Gasteiger partial charge is 0.302 e. The van der Waals surface area contributed by atoms with E-state index in [4.69, 9.17) is 0 Å². The van der Waals surface area contributed by atoms with Gasteiger partial charge in [-0.15, -0.1) is 0 Å². The molecule has 9 heavy (non-hydrogen) atoms. The molecule has 0 saturated heterocycles. The molecule has 1 heteroatoms. The molecule has 0 N–H and O–H groups in total. The van der Waals surface area contributed by atoms with E-state index in [0.717, 1.165) is 6.29 Å². The van der Waals surface area contributed by atoms with E-state index in [9.17, 15) is 4.79 Å². The van der Waals surface area contributed by atoms with Gasteiger partial charge in [-0.25, -0.2) is 0 Å². The Balaban J connectivity index is 2.73. The molecule has 1 rings (SSSR count). The molecule has 0 heterocycles. The van der Waals surface area contributed by atoms with Crippen molar-refractivity contribution in [3.8, 4) is 0 Å². The Morgan fingerprint density at radius 1 is 1.78 bits per heavy atom. The van der Waals surface area contributed by atoms with Crippen molar-refractivity contribution in [2.45, 2.75) is 13.3 Å². The number of carbonyl (C=O) groups excluding carboxylic acids is 1. The lowest BCUT2D eigenvalue weighted by Gasteiger charge is -2.16. The molecule has 47 valence electrons. The maximum atomic E-state index is 10.4. The van der Waals surface area contributed by atoms with Gasteiger partial charge in [-0.05, 0) is 19.4 Å². The van der Waals surface area contributed by atoms with E-state index in [1.165, 1.54) is 0 Å². The van der Waals surface area contributed by atoms with Gasteiger partial charge in [0.15, 0.2) is 0 Å². The van der Waals surface area contributed by atoms with Gasteiger partial charge in [0.1, 0.15) is 6.29 Å². The molecular weight excluding hydrogens is 112 g/mol. The number of aldehydes is 1. The molecule has 0 bridgehead atoms. The summed E-state index contributed by atoms with van der Waals surface area (Å²) in [6.07, 6.45) is 10.3. The highest BCUT2D eigenvalue weighted by Crippen LogP contribution is 2.22. The molecule has 1 atom stereocenters. The zero-order chi connectivity index (χ0) is 6.74. The monoisotopic (exact) mass is 121 g/mol. The third-order valence-electron chi connectivity index (χ3n) is 1.44. The molecule has 0 saturated carbocycles. The molecule has 0 amide bonds. The summed E-state index contributed by atoms with van der Waals surface area (Å²) in [5.41, 5.74) is -0.283. The molecule has 1 unspecified atom stereocenters. The summed E-state index contributed by atoms with van der Waals surface area (Å²) in [7, 11) is 0. The average molecular weight is 121 g/mol. The van der Waals surface area contributed by atoms with Crippen molar-refractivity contribution in [2.24, 2.45) is 5.41 Å². The zero-order valence-corrected chi connectivity index (χ0v) is 5.42. The number of rotatable bonds is 1. The Labute approximate surface area is 55.1 Å². The van der Waals surface area contributed by atoms with E-state index in [1.807, 2.05) is 25.2 Å². The fraction of sp³-hybridized carbons (Fsp3) is 0.375. The average Bonchev–Trinajstić information content (AvgIpc) is 1.90. The van der Waals surface area contributed by atoms with E-state index in [0.29, 0.717) is 6.42 Å². The van der Waals surface area contributed by atoms with Gasteiger partial charge in [-0.1, -0.05) is 18.2 Å². The Morgan fingerprint density at radius 2 is 2.56 bits per heavy atom. The Morgan fingerprint density at radius 3 is 2.89 bits per heavy atom. The van der Waals surface area contributed by atoms with Crippen LogP contribution in [0.2, 0.25) is 0 Å². The number of hydrogen-bond donors (Lipinski definition) is 0. The maximum absolute atomic E-state index is 10.4. The van der Waals surface area contributed by atoms with Crippen LogP contribution in [0.25, 0.3) is 0 Å². The quantitative estimate of drug-likeness (QED) is 0.480. The van der Waals surface area contributed by atoms with E-state index in [1.54, 1.807) is 0 Å². The molecule has 0 aromatic carbocycles. The van der Waals surface area contributed by atoms with Gasteiger partial charge in [0, 0.05) is 5.41 Å². The second-order valence-electron chi connectivity index (χ2n) is 2.53. The van der Waals surface area contributed by atoms with Crippen LogP contribution in [0.15, 0.2) is 18.2 Å². The topological polar surface area (TPSA) is 17.1 Å². The van der Waals surface area contributed by atoms with Crippen LogP contribution in [0.3, 0.4) is 0 Å². The lowest BCUT2D eigenvalue weighted by Crippen LogP contribution is -2.14. The van der Waals surface area contributed by atoms with Crippen molar-refractivity contribution in [3.63, 3.8) is 0 Å². The van der Waals surface area contributed by atoms with Gasteiger partial charge >= 0.3 is 0 Å². The predicted octanol–water partition coefficient (Wildman–Crippen LogP) is 1.51. The summed E-state index contributed by atoms with van der Waals surface area (Å²) in [6, 6.07) is 0. The molecule has 0 aromatic rings. The van der Waals surface area contributed by atoms with Gasteiger partial charge in [0.2, 0.25) is 0 Å². The van der Waals surface area contributed by atoms with Crippen molar-refractivity contribution in [1.82, 2.24) is 0 Å². The van der Waals surface area contributed by atoms with Crippen molar-refractivity contribution in [2.75, 3.05) is 0 Å². The summed E-state index contributed by atoms with van der Waals surface area (Å²) in [5, 5.41) is 0. The number of hydrogen-bond acceptors (Lipinski definition) is 1. The Bertz CT molecular complexity index is 167. The molecule has 1 nitrogen and oxygen atoms in total. The molecule has 1 radical (unpaired) electrons. The predicted molar refractivity (Wildman–Crippen MR) is 35.7 cm³/mol. The third-order valence-corrected chi connectivity index (χ3v) is 1.44. The van der Waals surface area contributed by atoms with E-state index in [2.05, 4.69) is 6.08 Å². The highest BCUT2D eigenvalue weighted by molar-refractivity contribution is 5.62. The molecular formula is C8H9O. The second-order valence-corrected chi connectivity index (χ2v) is 2.53. The number of carbonyl (C=O) groups is 1. The van der Waals surface area contributed by atoms with Gasteiger partial charge in [0.05, 0.1) is 0 Å². The zero-order valence-electron chi connectivity index (χ0n) is 5.42. The first-order valence-corrected chi connectivity index (χ1v) is 2.98. The SMILES string of the molecule is CC1(C=O)C=CC=[C]C1. The van der Waals surface area contributed by atoms with Crippen molar-refractivity contribution >= 4 is 6.29 Å². The minimum Gasteiger partial charge on any atom is -0.302 e. The molecule has 1 aliphatic rings. The highest BCUT2D eigenvalue weighted by Gasteiger charge is 2.18. The number of allylic oxidation sites excluding steroid dienone is 4. The lowest BCUT2D eigenvalue weighted by atomic mass is 9.86. The summed E-state index contributed by atoms with van der Waals surface area (Å²) in [6.45, 7) is 1.90. The first-order valence-electron chi connectivity index (χ1n) is 2.98. The molecule has 0 aliphatic heterocycles. The van der Waals surface area contributed by atoms with Gasteiger partial charge in [-0.2, -0.15) is 0 Å². The fourth-order valence-corrected chi connectivity index (χ4v) is 0.755. The van der Waals surface area contributed by atoms with Crippen LogP contribution in [0.5, 0.6) is 0 Å². The fourth-order valence-electron chi connectivity index (χ4n) is 0.755. The lowest BCUT2D eigenvalue weighted by molar-refractivity contribution is -0.113. The second kappa shape index (κ2) is 2.18. The Kier molecular flexibility index (Phi) is 1.52. The van der Waals surface area contributed by atoms with Gasteiger partial charge < -0.3 is 4.79 Å². The van der Waals surface area contributed by atoms with Crippen LogP contribution in [0.1, 0.15) is 13.3 Å². The van der Waals surface area contributed by atoms with Crippen LogP contribution in [-0.2, 0) is 4.79 Å². The Hall–Kier alpha value is -0.850. The minimum atomic E-state index is -0.283. The van der Waals surface area contributed by atoms with Crippen molar-refractivity contribution < 1.29 is 4.79 Å². The van der Waals surface area contributed by atoms with Crippen molar-refractivity contribution in [3.05, 3.63) is 24.3 Å². The van der Waals surface area contributed by atoms with E-state index in [-0.39, 0.29) is 5.41 Å². The normalized spacial score (nSPS) is 32.6. The third kappa shape index (κ3) is 1.28.